The lowest BCUT2D eigenvalue weighted by atomic mass is 9.82. The van der Waals surface area contributed by atoms with Crippen LogP contribution in [-0.2, 0) is 10.8 Å². The average molecular weight is 806 g/mol. The number of hydrogen-bond acceptors (Lipinski definition) is 1. The Kier molecular flexibility index (Phi) is 8.30. The molecule has 0 spiro atoms. The fourth-order valence-electron chi connectivity index (χ4n) is 11.1. The Morgan fingerprint density at radius 1 is 0.317 bits per heavy atom. The molecule has 1 heteroatoms. The van der Waals surface area contributed by atoms with E-state index in [0.29, 0.717) is 0 Å². The highest BCUT2D eigenvalue weighted by Gasteiger charge is 2.40. The van der Waals surface area contributed by atoms with Crippen LogP contribution in [0.15, 0.2) is 212 Å². The Morgan fingerprint density at radius 3 is 1.73 bits per heavy atom. The van der Waals surface area contributed by atoms with Crippen molar-refractivity contribution < 1.29 is 0 Å². The van der Waals surface area contributed by atoms with Gasteiger partial charge in [-0.1, -0.05) is 204 Å². The second kappa shape index (κ2) is 14.0. The van der Waals surface area contributed by atoms with Gasteiger partial charge in [-0.15, -0.1) is 0 Å². The molecule has 0 radical (unpaired) electrons. The topological polar surface area (TPSA) is 3.24 Å². The fraction of sp³-hybridized carbons (Fsp3) is 0.0968. The zero-order valence-electron chi connectivity index (χ0n) is 36.2. The van der Waals surface area contributed by atoms with Gasteiger partial charge in [0, 0.05) is 33.2 Å². The molecule has 300 valence electrons. The second-order valence-electron chi connectivity index (χ2n) is 18.5. The molecule has 10 aromatic carbocycles. The molecule has 1 nitrogen and oxygen atoms in total. The summed E-state index contributed by atoms with van der Waals surface area (Å²) >= 11 is 0. The highest BCUT2D eigenvalue weighted by atomic mass is 15.2. The first-order valence-corrected chi connectivity index (χ1v) is 22.3. The zero-order valence-corrected chi connectivity index (χ0v) is 36.2. The van der Waals surface area contributed by atoms with Crippen molar-refractivity contribution in [3.63, 3.8) is 0 Å². The van der Waals surface area contributed by atoms with Crippen LogP contribution < -0.4 is 4.90 Å². The predicted molar refractivity (Wildman–Crippen MR) is 268 cm³/mol. The van der Waals surface area contributed by atoms with E-state index in [1.807, 2.05) is 0 Å². The molecule has 63 heavy (non-hydrogen) atoms. The number of benzene rings is 10. The van der Waals surface area contributed by atoms with Crippen LogP contribution in [-0.4, -0.2) is 0 Å². The lowest BCUT2D eigenvalue weighted by Gasteiger charge is -2.34. The van der Waals surface area contributed by atoms with Crippen molar-refractivity contribution in [2.45, 2.75) is 38.5 Å². The quantitative estimate of drug-likeness (QED) is 0.162. The Bertz CT molecular complexity index is 3450. The van der Waals surface area contributed by atoms with Gasteiger partial charge in [0.25, 0.3) is 0 Å². The molecule has 0 saturated heterocycles. The summed E-state index contributed by atoms with van der Waals surface area (Å²) in [5.41, 5.74) is 20.9. The number of hydrogen-bond donors (Lipinski definition) is 0. The lowest BCUT2D eigenvalue weighted by Crippen LogP contribution is -2.18. The van der Waals surface area contributed by atoms with Crippen LogP contribution in [0.1, 0.15) is 49.9 Å². The van der Waals surface area contributed by atoms with Gasteiger partial charge in [0.15, 0.2) is 0 Å². The van der Waals surface area contributed by atoms with Crippen LogP contribution in [0.4, 0.5) is 17.1 Å². The van der Waals surface area contributed by atoms with Crippen molar-refractivity contribution in [3.8, 4) is 55.6 Å². The largest absolute Gasteiger partial charge is 0.309 e. The maximum absolute atomic E-state index is 2.62. The van der Waals surface area contributed by atoms with Gasteiger partial charge in [-0.2, -0.15) is 0 Å². The van der Waals surface area contributed by atoms with E-state index in [1.54, 1.807) is 0 Å². The monoisotopic (exact) mass is 805 g/mol. The molecule has 0 atom stereocenters. The van der Waals surface area contributed by atoms with Gasteiger partial charge in [0.1, 0.15) is 0 Å². The number of anilines is 3. The van der Waals surface area contributed by atoms with Crippen LogP contribution in [0.2, 0.25) is 0 Å². The summed E-state index contributed by atoms with van der Waals surface area (Å²) in [4.78, 5) is 2.62. The minimum absolute atomic E-state index is 0.171. The summed E-state index contributed by atoms with van der Waals surface area (Å²) in [6.45, 7) is 9.55. The van der Waals surface area contributed by atoms with E-state index in [4.69, 9.17) is 0 Å². The van der Waals surface area contributed by atoms with E-state index < -0.39 is 0 Å². The first-order valence-electron chi connectivity index (χ1n) is 22.3. The van der Waals surface area contributed by atoms with Crippen molar-refractivity contribution in [3.05, 3.63) is 235 Å². The van der Waals surface area contributed by atoms with Crippen LogP contribution >= 0.6 is 0 Å². The van der Waals surface area contributed by atoms with Crippen molar-refractivity contribution in [1.29, 1.82) is 0 Å². The predicted octanol–water partition coefficient (Wildman–Crippen LogP) is 17.1. The molecule has 0 heterocycles. The molecule has 0 amide bonds. The minimum Gasteiger partial charge on any atom is -0.309 e. The summed E-state index contributed by atoms with van der Waals surface area (Å²) in [6.07, 6.45) is 0. The maximum atomic E-state index is 2.62. The average Bonchev–Trinajstić information content (AvgIpc) is 3.71. The van der Waals surface area contributed by atoms with Crippen molar-refractivity contribution in [2.75, 3.05) is 4.90 Å². The Hall–Kier alpha value is -7.48. The van der Waals surface area contributed by atoms with E-state index in [1.165, 1.54) is 105 Å². The van der Waals surface area contributed by atoms with Crippen molar-refractivity contribution >= 4 is 38.6 Å². The molecule has 0 fully saturated rings. The zero-order chi connectivity index (χ0) is 42.5. The normalized spacial score (nSPS) is 14.0. The third-order valence-corrected chi connectivity index (χ3v) is 14.2. The Balaban J connectivity index is 1.24. The molecule has 2 aliphatic carbocycles. The third-order valence-electron chi connectivity index (χ3n) is 14.2. The van der Waals surface area contributed by atoms with Crippen LogP contribution in [0.25, 0.3) is 77.2 Å². The first-order chi connectivity index (χ1) is 30.8. The van der Waals surface area contributed by atoms with E-state index in [2.05, 4.69) is 245 Å². The van der Waals surface area contributed by atoms with Crippen LogP contribution in [0.3, 0.4) is 0 Å². The van der Waals surface area contributed by atoms with Gasteiger partial charge < -0.3 is 4.90 Å². The molecule has 0 saturated carbocycles. The summed E-state index contributed by atoms with van der Waals surface area (Å²) in [6, 6.07) is 79.5. The molecule has 10 aromatic rings. The van der Waals surface area contributed by atoms with E-state index >= 15 is 0 Å². The first kappa shape index (κ1) is 37.3. The van der Waals surface area contributed by atoms with Crippen molar-refractivity contribution in [2.24, 2.45) is 0 Å². The summed E-state index contributed by atoms with van der Waals surface area (Å²) in [5.74, 6) is 0. The minimum atomic E-state index is -0.179. The van der Waals surface area contributed by atoms with Gasteiger partial charge in [0.2, 0.25) is 0 Å². The van der Waals surface area contributed by atoms with E-state index in [0.717, 1.165) is 11.4 Å². The maximum Gasteiger partial charge on any atom is 0.0619 e. The fourth-order valence-corrected chi connectivity index (χ4v) is 11.1. The Morgan fingerprint density at radius 2 is 0.905 bits per heavy atom. The molecular weight excluding hydrogens is 759 g/mol. The standard InChI is InChI=1S/C62H47N/c1-61(2)55-29-15-13-26-51(55)59-56(61)30-17-31-58(59)63(46-34-35-50-49-25-12-14-28-54(49)62(3,4)57(50)39-46)60-52(42-19-6-5-7-20-42)37-45(44-33-32-40-18-8-9-22-43(40)36-44)38-53(60)48-27-16-23-41-21-10-11-24-47(41)48/h5-39H,1-4H3. The molecule has 0 aromatic heterocycles. The second-order valence-corrected chi connectivity index (χ2v) is 18.5. The van der Waals surface area contributed by atoms with Gasteiger partial charge in [-0.3, -0.25) is 0 Å². The number of nitrogens with zero attached hydrogens (tertiary/aromatic N) is 1. The SMILES string of the molecule is CC1(C)c2ccccc2-c2ccc(N(c3cccc4c3-c3ccccc3C4(C)C)c3c(-c4ccccc4)cc(-c4ccc5ccccc5c4)cc3-c3cccc4ccccc34)cc21. The molecule has 0 bridgehead atoms. The number of fused-ring (bicyclic) bond motifs is 8. The van der Waals surface area contributed by atoms with Gasteiger partial charge >= 0.3 is 0 Å². The van der Waals surface area contributed by atoms with Crippen molar-refractivity contribution in [1.82, 2.24) is 0 Å². The third kappa shape index (κ3) is 5.69. The molecule has 2 aliphatic rings. The highest BCUT2D eigenvalue weighted by molar-refractivity contribution is 6.09. The van der Waals surface area contributed by atoms with E-state index in [-0.39, 0.29) is 10.8 Å². The Labute approximate surface area is 370 Å². The molecular formula is C62H47N. The van der Waals surface area contributed by atoms with Crippen LogP contribution in [0.5, 0.6) is 0 Å². The number of rotatable bonds is 6. The van der Waals surface area contributed by atoms with Gasteiger partial charge in [0.05, 0.1) is 11.4 Å². The lowest BCUT2D eigenvalue weighted by molar-refractivity contribution is 0.660. The highest BCUT2D eigenvalue weighted by Crippen LogP contribution is 2.58. The molecule has 12 rings (SSSR count). The molecule has 0 N–H and O–H groups in total. The smallest absolute Gasteiger partial charge is 0.0619 e. The summed E-state index contributed by atoms with van der Waals surface area (Å²) in [5, 5.41) is 4.92. The summed E-state index contributed by atoms with van der Waals surface area (Å²) < 4.78 is 0. The molecule has 0 unspecified atom stereocenters. The van der Waals surface area contributed by atoms with Gasteiger partial charge in [-0.25, -0.2) is 0 Å². The molecule has 0 aliphatic heterocycles. The van der Waals surface area contributed by atoms with E-state index in [9.17, 15) is 0 Å². The van der Waals surface area contributed by atoms with Gasteiger partial charge in [-0.05, 0) is 119 Å². The summed E-state index contributed by atoms with van der Waals surface area (Å²) in [7, 11) is 0. The van der Waals surface area contributed by atoms with Crippen LogP contribution in [0, 0.1) is 0 Å².